The Balaban J connectivity index is 1.67. The molecule has 0 aromatic carbocycles. The topological polar surface area (TPSA) is 94.2 Å². The molecule has 1 fully saturated rings. The molecule has 2 N–H and O–H groups in total. The van der Waals surface area contributed by atoms with Crippen molar-refractivity contribution in [1.82, 2.24) is 24.0 Å². The fraction of sp³-hybridized carbons (Fsp3) is 0.538. The molecule has 0 saturated heterocycles. The van der Waals surface area contributed by atoms with Gasteiger partial charge < -0.3 is 9.88 Å². The summed E-state index contributed by atoms with van der Waals surface area (Å²) in [7, 11) is 1.66. The molecule has 120 valence electrons. The van der Waals surface area contributed by atoms with Crippen molar-refractivity contribution in [3.63, 3.8) is 0 Å². The Morgan fingerprint density at radius 1 is 1.27 bits per heavy atom. The number of fused-ring (bicyclic) bond motifs is 1. The van der Waals surface area contributed by atoms with Crippen molar-refractivity contribution >= 4 is 27.1 Å². The predicted octanol–water partition coefficient (Wildman–Crippen LogP) is 0.321. The average Bonchev–Trinajstić information content (AvgIpc) is 2.89. The third-order valence-electron chi connectivity index (χ3n) is 4.12. The highest BCUT2D eigenvalue weighted by Crippen LogP contribution is 2.31. The number of rotatable bonds is 5. The van der Waals surface area contributed by atoms with Crippen molar-refractivity contribution in [3.05, 3.63) is 18.6 Å². The van der Waals surface area contributed by atoms with Crippen molar-refractivity contribution in [2.75, 3.05) is 26.0 Å². The molecule has 22 heavy (non-hydrogen) atoms. The largest absolute Gasteiger partial charge is 0.356 e. The summed E-state index contributed by atoms with van der Waals surface area (Å²) in [5, 5.41) is 0.974. The first kappa shape index (κ1) is 15.2. The quantitative estimate of drug-likeness (QED) is 0.826. The lowest BCUT2D eigenvalue weighted by Crippen LogP contribution is -2.55. The molecule has 0 aliphatic heterocycles. The van der Waals surface area contributed by atoms with Crippen molar-refractivity contribution in [2.24, 2.45) is 0 Å². The molecular formula is C13H20N6O2S. The first-order valence-corrected chi connectivity index (χ1v) is 8.53. The lowest BCUT2D eigenvalue weighted by Gasteiger charge is -2.42. The molecule has 0 unspecified atom stereocenters. The highest BCUT2D eigenvalue weighted by molar-refractivity contribution is 7.87. The number of H-pyrrole nitrogens is 1. The summed E-state index contributed by atoms with van der Waals surface area (Å²) in [6.07, 6.45) is 4.90. The van der Waals surface area contributed by atoms with Crippen LogP contribution in [0, 0.1) is 0 Å². The fourth-order valence-electron chi connectivity index (χ4n) is 2.63. The lowest BCUT2D eigenvalue weighted by atomic mass is 9.86. The van der Waals surface area contributed by atoms with Crippen LogP contribution in [0.3, 0.4) is 0 Å². The molecule has 2 aromatic heterocycles. The fourth-order valence-corrected chi connectivity index (χ4v) is 3.45. The second kappa shape index (κ2) is 5.49. The first-order valence-electron chi connectivity index (χ1n) is 7.09. The molecule has 1 aliphatic rings. The minimum Gasteiger partial charge on any atom is -0.356 e. The van der Waals surface area contributed by atoms with Gasteiger partial charge in [0.1, 0.15) is 17.8 Å². The predicted molar refractivity (Wildman–Crippen MR) is 84.8 cm³/mol. The Morgan fingerprint density at radius 2 is 2.00 bits per heavy atom. The van der Waals surface area contributed by atoms with E-state index in [4.69, 9.17) is 0 Å². The number of hydrogen-bond donors (Lipinski definition) is 2. The van der Waals surface area contributed by atoms with Gasteiger partial charge in [-0.3, -0.25) is 0 Å². The number of nitrogens with one attached hydrogen (secondary N) is 2. The Kier molecular flexibility index (Phi) is 3.79. The van der Waals surface area contributed by atoms with Crippen LogP contribution in [0.15, 0.2) is 18.6 Å². The van der Waals surface area contributed by atoms with Crippen LogP contribution in [0.1, 0.15) is 12.8 Å². The average molecular weight is 324 g/mol. The van der Waals surface area contributed by atoms with Gasteiger partial charge in [0.25, 0.3) is 10.2 Å². The maximum Gasteiger partial charge on any atom is 0.279 e. The molecule has 1 aliphatic carbocycles. The van der Waals surface area contributed by atoms with E-state index in [0.29, 0.717) is 0 Å². The molecule has 3 rings (SSSR count). The third kappa shape index (κ3) is 2.67. The number of aromatic nitrogens is 3. The summed E-state index contributed by atoms with van der Waals surface area (Å²) >= 11 is 0. The molecule has 9 heteroatoms. The summed E-state index contributed by atoms with van der Waals surface area (Å²) in [6, 6.07) is 2.19. The summed E-state index contributed by atoms with van der Waals surface area (Å²) < 4.78 is 27.5. The van der Waals surface area contributed by atoms with E-state index >= 15 is 0 Å². The summed E-state index contributed by atoms with van der Waals surface area (Å²) in [4.78, 5) is 13.7. The zero-order valence-corrected chi connectivity index (χ0v) is 13.6. The van der Waals surface area contributed by atoms with Crippen LogP contribution in [-0.4, -0.2) is 60.9 Å². The van der Waals surface area contributed by atoms with Gasteiger partial charge in [-0.25, -0.2) is 9.97 Å². The second-order valence-electron chi connectivity index (χ2n) is 5.78. The van der Waals surface area contributed by atoms with E-state index in [1.54, 1.807) is 0 Å². The summed E-state index contributed by atoms with van der Waals surface area (Å²) in [6.45, 7) is 0. The molecule has 0 radical (unpaired) electrons. The van der Waals surface area contributed by atoms with Crippen LogP contribution in [0.25, 0.3) is 11.0 Å². The van der Waals surface area contributed by atoms with E-state index < -0.39 is 10.2 Å². The molecular weight excluding hydrogens is 304 g/mol. The normalized spacial score (nSPS) is 22.0. The highest BCUT2D eigenvalue weighted by Gasteiger charge is 2.36. The van der Waals surface area contributed by atoms with Gasteiger partial charge in [-0.2, -0.15) is 17.4 Å². The zero-order chi connectivity index (χ0) is 15.9. The molecule has 2 heterocycles. The number of anilines is 1. The summed E-state index contributed by atoms with van der Waals surface area (Å²) in [5.74, 6) is 0.866. The van der Waals surface area contributed by atoms with Gasteiger partial charge in [0, 0.05) is 39.4 Å². The minimum atomic E-state index is -3.36. The van der Waals surface area contributed by atoms with E-state index in [1.807, 2.05) is 19.3 Å². The van der Waals surface area contributed by atoms with Crippen molar-refractivity contribution in [1.29, 1.82) is 0 Å². The van der Waals surface area contributed by atoms with E-state index in [1.165, 1.54) is 24.7 Å². The van der Waals surface area contributed by atoms with Gasteiger partial charge in [0.15, 0.2) is 0 Å². The van der Waals surface area contributed by atoms with E-state index in [-0.39, 0.29) is 12.1 Å². The smallest absolute Gasteiger partial charge is 0.279 e. The minimum absolute atomic E-state index is 0.0246. The van der Waals surface area contributed by atoms with Crippen molar-refractivity contribution in [2.45, 2.75) is 24.9 Å². The zero-order valence-electron chi connectivity index (χ0n) is 12.8. The van der Waals surface area contributed by atoms with E-state index in [2.05, 4.69) is 24.6 Å². The highest BCUT2D eigenvalue weighted by atomic mass is 32.2. The van der Waals surface area contributed by atoms with Gasteiger partial charge in [0.05, 0.1) is 5.39 Å². The lowest BCUT2D eigenvalue weighted by molar-refractivity contribution is 0.311. The van der Waals surface area contributed by atoms with Crippen LogP contribution in [0.2, 0.25) is 0 Å². The van der Waals surface area contributed by atoms with Gasteiger partial charge in [-0.15, -0.1) is 0 Å². The first-order chi connectivity index (χ1) is 10.4. The number of nitrogens with zero attached hydrogens (tertiary/aromatic N) is 4. The van der Waals surface area contributed by atoms with Crippen LogP contribution in [0.5, 0.6) is 0 Å². The Bertz CT molecular complexity index is 766. The van der Waals surface area contributed by atoms with Crippen molar-refractivity contribution in [3.8, 4) is 0 Å². The van der Waals surface area contributed by atoms with E-state index in [0.717, 1.165) is 29.7 Å². The maximum absolute atomic E-state index is 11.8. The monoisotopic (exact) mass is 324 g/mol. The number of hydrogen-bond acceptors (Lipinski definition) is 5. The Labute approximate surface area is 129 Å². The van der Waals surface area contributed by atoms with E-state index in [9.17, 15) is 8.42 Å². The molecule has 2 aromatic rings. The molecule has 0 amide bonds. The van der Waals surface area contributed by atoms with Crippen molar-refractivity contribution < 1.29 is 8.42 Å². The van der Waals surface area contributed by atoms with Crippen LogP contribution in [0.4, 0.5) is 5.82 Å². The summed E-state index contributed by atoms with van der Waals surface area (Å²) in [5.41, 5.74) is 0.807. The maximum atomic E-state index is 11.8. The Morgan fingerprint density at radius 3 is 2.68 bits per heavy atom. The van der Waals surface area contributed by atoms with Gasteiger partial charge in [0.2, 0.25) is 0 Å². The molecule has 1 saturated carbocycles. The standard InChI is InChI=1S/C13H20N6O2S/c1-18(2)22(20,21)17-9-6-10(7-9)19(3)13-11-4-5-14-12(11)15-8-16-13/h4-5,8-10,17H,6-7H2,1-3H3,(H,14,15,16)/t9-,10+. The SMILES string of the molecule is CN(C)S(=O)(=O)N[C@H]1C[C@@H](N(C)c2ncnc3[nH]ccc23)C1. The molecule has 8 nitrogen and oxygen atoms in total. The van der Waals surface area contributed by atoms with Gasteiger partial charge in [-0.1, -0.05) is 0 Å². The Hall–Kier alpha value is -1.71. The van der Waals surface area contributed by atoms with Gasteiger partial charge >= 0.3 is 0 Å². The van der Waals surface area contributed by atoms with Crippen LogP contribution in [-0.2, 0) is 10.2 Å². The molecule has 0 atom stereocenters. The van der Waals surface area contributed by atoms with Crippen LogP contribution >= 0.6 is 0 Å². The van der Waals surface area contributed by atoms with Gasteiger partial charge in [-0.05, 0) is 18.9 Å². The third-order valence-corrected chi connectivity index (χ3v) is 5.72. The molecule has 0 bridgehead atoms. The second-order valence-corrected chi connectivity index (χ2v) is 7.69. The molecule has 0 spiro atoms. The van der Waals surface area contributed by atoms with Crippen LogP contribution < -0.4 is 9.62 Å². The number of aromatic amines is 1.